The van der Waals surface area contributed by atoms with Crippen molar-refractivity contribution in [1.29, 1.82) is 0 Å². The summed E-state index contributed by atoms with van der Waals surface area (Å²) in [5.41, 5.74) is 5.58. The van der Waals surface area contributed by atoms with E-state index in [1.165, 1.54) is 0 Å². The summed E-state index contributed by atoms with van der Waals surface area (Å²) in [5, 5.41) is 0.569. The van der Waals surface area contributed by atoms with Crippen molar-refractivity contribution in [2.75, 3.05) is 31.6 Å². The number of nitrogens with two attached hydrogens (primary N) is 1. The van der Waals surface area contributed by atoms with Crippen molar-refractivity contribution in [3.63, 3.8) is 0 Å². The number of rotatable bonds is 4. The maximum atomic E-state index is 6.11. The molecule has 1 fully saturated rings. The minimum Gasteiger partial charge on any atom is -0.467 e. The van der Waals surface area contributed by atoms with Crippen LogP contribution in [0, 0.1) is 5.92 Å². The predicted octanol–water partition coefficient (Wildman–Crippen LogP) is 1.31. The second-order valence-electron chi connectivity index (χ2n) is 4.21. The first kappa shape index (κ1) is 12.4. The number of nitrogens with zero attached hydrogens (tertiary/aromatic N) is 3. The Labute approximate surface area is 106 Å². The van der Waals surface area contributed by atoms with E-state index in [-0.39, 0.29) is 0 Å². The monoisotopic (exact) mass is 256 g/mol. The highest BCUT2D eigenvalue weighted by Crippen LogP contribution is 2.30. The van der Waals surface area contributed by atoms with Gasteiger partial charge in [-0.3, -0.25) is 0 Å². The van der Waals surface area contributed by atoms with Gasteiger partial charge in [0.2, 0.25) is 0 Å². The maximum absolute atomic E-state index is 6.11. The lowest BCUT2D eigenvalue weighted by atomic mass is 10.1. The van der Waals surface area contributed by atoms with Crippen LogP contribution in [-0.4, -0.2) is 36.7 Å². The summed E-state index contributed by atoms with van der Waals surface area (Å²) < 4.78 is 5.02. The third-order valence-electron chi connectivity index (χ3n) is 3.05. The fraction of sp³-hybridized carbons (Fsp3) is 0.636. The normalized spacial score (nSPS) is 19.7. The van der Waals surface area contributed by atoms with Crippen LogP contribution in [0.1, 0.15) is 12.8 Å². The van der Waals surface area contributed by atoms with E-state index in [1.54, 1.807) is 13.3 Å². The summed E-state index contributed by atoms with van der Waals surface area (Å²) in [6.45, 7) is 2.65. The van der Waals surface area contributed by atoms with Crippen LogP contribution in [0.4, 0.5) is 5.82 Å². The van der Waals surface area contributed by atoms with E-state index in [4.69, 9.17) is 22.1 Å². The molecule has 2 N–H and O–H groups in total. The standard InChI is InChI=1S/C11H17ClN4O/c1-17-11-14-6-9(12)10(15-11)16-5-3-8(7-16)2-4-13/h6,8H,2-5,7,13H2,1H3. The number of ether oxygens (including phenoxy) is 1. The second-order valence-corrected chi connectivity index (χ2v) is 4.61. The lowest BCUT2D eigenvalue weighted by molar-refractivity contribution is 0.380. The van der Waals surface area contributed by atoms with Gasteiger partial charge in [0.15, 0.2) is 5.82 Å². The van der Waals surface area contributed by atoms with Gasteiger partial charge in [-0.2, -0.15) is 4.98 Å². The third kappa shape index (κ3) is 2.79. The predicted molar refractivity (Wildman–Crippen MR) is 67.6 cm³/mol. The third-order valence-corrected chi connectivity index (χ3v) is 3.31. The van der Waals surface area contributed by atoms with Crippen molar-refractivity contribution >= 4 is 17.4 Å². The highest BCUT2D eigenvalue weighted by Gasteiger charge is 2.24. The molecule has 1 unspecified atom stereocenters. The van der Waals surface area contributed by atoms with Crippen LogP contribution in [0.2, 0.25) is 5.02 Å². The zero-order chi connectivity index (χ0) is 12.3. The van der Waals surface area contributed by atoms with Gasteiger partial charge < -0.3 is 15.4 Å². The zero-order valence-electron chi connectivity index (χ0n) is 9.90. The van der Waals surface area contributed by atoms with Gasteiger partial charge in [-0.25, -0.2) is 4.98 Å². The molecule has 0 spiro atoms. The number of aromatic nitrogens is 2. The van der Waals surface area contributed by atoms with Crippen LogP contribution < -0.4 is 15.4 Å². The molecule has 1 atom stereocenters. The molecule has 2 rings (SSSR count). The largest absolute Gasteiger partial charge is 0.467 e. The van der Waals surface area contributed by atoms with E-state index in [9.17, 15) is 0 Å². The molecule has 1 aromatic heterocycles. The van der Waals surface area contributed by atoms with Crippen LogP contribution in [-0.2, 0) is 0 Å². The van der Waals surface area contributed by atoms with E-state index in [0.29, 0.717) is 17.0 Å². The van der Waals surface area contributed by atoms with Gasteiger partial charge >= 0.3 is 6.01 Å². The first-order chi connectivity index (χ1) is 8.24. The van der Waals surface area contributed by atoms with Gasteiger partial charge in [-0.15, -0.1) is 0 Å². The van der Waals surface area contributed by atoms with Crippen LogP contribution in [0.3, 0.4) is 0 Å². The average Bonchev–Trinajstić information content (AvgIpc) is 2.79. The van der Waals surface area contributed by atoms with Gasteiger partial charge in [-0.1, -0.05) is 11.6 Å². The fourth-order valence-electron chi connectivity index (χ4n) is 2.16. The molecule has 6 heteroatoms. The smallest absolute Gasteiger partial charge is 0.318 e. The minimum atomic E-state index is 0.353. The van der Waals surface area contributed by atoms with Crippen molar-refractivity contribution < 1.29 is 4.74 Å². The summed E-state index contributed by atoms with van der Waals surface area (Å²) >= 11 is 6.11. The van der Waals surface area contributed by atoms with E-state index < -0.39 is 0 Å². The molecule has 1 aliphatic heterocycles. The van der Waals surface area contributed by atoms with E-state index in [1.807, 2.05) is 0 Å². The first-order valence-electron chi connectivity index (χ1n) is 5.76. The number of methoxy groups -OCH3 is 1. The summed E-state index contributed by atoms with van der Waals surface area (Å²) in [6, 6.07) is 0.353. The molecule has 0 bridgehead atoms. The SMILES string of the molecule is COc1ncc(Cl)c(N2CCC(CCN)C2)n1. The Balaban J connectivity index is 2.12. The molecular weight excluding hydrogens is 240 g/mol. The second kappa shape index (κ2) is 5.51. The molecule has 0 aromatic carbocycles. The molecule has 94 valence electrons. The van der Waals surface area contributed by atoms with Crippen molar-refractivity contribution in [3.05, 3.63) is 11.2 Å². The molecule has 5 nitrogen and oxygen atoms in total. The number of hydrogen-bond donors (Lipinski definition) is 1. The van der Waals surface area contributed by atoms with Gasteiger partial charge in [0.05, 0.1) is 13.3 Å². The fourth-order valence-corrected chi connectivity index (χ4v) is 2.37. The van der Waals surface area contributed by atoms with Crippen molar-refractivity contribution in [2.45, 2.75) is 12.8 Å². The van der Waals surface area contributed by atoms with E-state index >= 15 is 0 Å². The molecule has 1 aliphatic rings. The number of halogens is 1. The molecule has 1 saturated heterocycles. The number of hydrogen-bond acceptors (Lipinski definition) is 5. The summed E-state index contributed by atoms with van der Waals surface area (Å²) in [6.07, 6.45) is 3.77. The van der Waals surface area contributed by atoms with Crippen molar-refractivity contribution in [1.82, 2.24) is 9.97 Å². The van der Waals surface area contributed by atoms with Gasteiger partial charge in [0.25, 0.3) is 0 Å². The van der Waals surface area contributed by atoms with Crippen LogP contribution in [0.15, 0.2) is 6.20 Å². The molecule has 0 aliphatic carbocycles. The van der Waals surface area contributed by atoms with E-state index in [0.717, 1.165) is 38.3 Å². The van der Waals surface area contributed by atoms with Crippen molar-refractivity contribution in [3.8, 4) is 6.01 Å². The molecule has 2 heterocycles. The lowest BCUT2D eigenvalue weighted by Crippen LogP contribution is -2.22. The number of anilines is 1. The Hall–Kier alpha value is -1.07. The summed E-state index contributed by atoms with van der Waals surface area (Å²) in [5.74, 6) is 1.40. The average molecular weight is 257 g/mol. The molecule has 17 heavy (non-hydrogen) atoms. The van der Waals surface area contributed by atoms with Gasteiger partial charge in [-0.05, 0) is 25.3 Å². The van der Waals surface area contributed by atoms with Gasteiger partial charge in [0, 0.05) is 13.1 Å². The highest BCUT2D eigenvalue weighted by molar-refractivity contribution is 6.32. The van der Waals surface area contributed by atoms with E-state index in [2.05, 4.69) is 14.9 Å². The molecule has 1 aromatic rings. The van der Waals surface area contributed by atoms with Crippen molar-refractivity contribution in [2.24, 2.45) is 11.7 Å². The Morgan fingerprint density at radius 2 is 2.47 bits per heavy atom. The van der Waals surface area contributed by atoms with Crippen LogP contribution in [0.25, 0.3) is 0 Å². The minimum absolute atomic E-state index is 0.353. The van der Waals surface area contributed by atoms with Crippen LogP contribution in [0.5, 0.6) is 6.01 Å². The quantitative estimate of drug-likeness (QED) is 0.880. The molecule has 0 radical (unpaired) electrons. The summed E-state index contributed by atoms with van der Waals surface area (Å²) in [4.78, 5) is 10.4. The maximum Gasteiger partial charge on any atom is 0.318 e. The Morgan fingerprint density at radius 3 is 3.18 bits per heavy atom. The first-order valence-corrected chi connectivity index (χ1v) is 6.14. The summed E-state index contributed by atoms with van der Waals surface area (Å²) in [7, 11) is 1.55. The highest BCUT2D eigenvalue weighted by atomic mass is 35.5. The van der Waals surface area contributed by atoms with Crippen LogP contribution >= 0.6 is 11.6 Å². The molecule has 0 saturated carbocycles. The lowest BCUT2D eigenvalue weighted by Gasteiger charge is -2.18. The molecule has 0 amide bonds. The Kier molecular flexibility index (Phi) is 4.02. The topological polar surface area (TPSA) is 64.3 Å². The Bertz CT molecular complexity index is 388. The van der Waals surface area contributed by atoms with Gasteiger partial charge in [0.1, 0.15) is 5.02 Å². The Morgan fingerprint density at radius 1 is 1.65 bits per heavy atom. The molecular formula is C11H17ClN4O. The zero-order valence-corrected chi connectivity index (χ0v) is 10.7.